The normalized spacial score (nSPS) is 10.0. The molecule has 0 atom stereocenters. The predicted molar refractivity (Wildman–Crippen MR) is 88.0 cm³/mol. The first-order valence-corrected chi connectivity index (χ1v) is 7.36. The van der Waals surface area contributed by atoms with Gasteiger partial charge in [0.2, 0.25) is 0 Å². The van der Waals surface area contributed by atoms with E-state index in [0.29, 0.717) is 29.2 Å². The van der Waals surface area contributed by atoms with E-state index in [1.54, 1.807) is 55.6 Å². The van der Waals surface area contributed by atoms with Crippen molar-refractivity contribution in [1.82, 2.24) is 0 Å². The monoisotopic (exact) mass is 313 g/mol. The van der Waals surface area contributed by atoms with Crippen molar-refractivity contribution in [2.45, 2.75) is 13.3 Å². The molecule has 2 rings (SSSR count). The highest BCUT2D eigenvalue weighted by Gasteiger charge is 2.10. The maximum Gasteiger partial charge on any atom is 0.338 e. The van der Waals surface area contributed by atoms with Gasteiger partial charge < -0.3 is 14.8 Å². The second-order valence-corrected chi connectivity index (χ2v) is 4.90. The second-order valence-electron chi connectivity index (χ2n) is 4.90. The van der Waals surface area contributed by atoms with Crippen LogP contribution in [0, 0.1) is 0 Å². The summed E-state index contributed by atoms with van der Waals surface area (Å²) in [4.78, 5) is 24.1. The fourth-order valence-electron chi connectivity index (χ4n) is 1.97. The van der Waals surface area contributed by atoms with Gasteiger partial charge in [-0.2, -0.15) is 0 Å². The SMILES string of the molecule is CCCOC(=O)c1cccc(NC(=O)c2cccc(OC)c2)c1. The number of hydrogen-bond acceptors (Lipinski definition) is 4. The Balaban J connectivity index is 2.10. The molecule has 1 N–H and O–H groups in total. The van der Waals surface area contributed by atoms with Gasteiger partial charge in [0.1, 0.15) is 5.75 Å². The van der Waals surface area contributed by atoms with Crippen LogP contribution in [0.1, 0.15) is 34.1 Å². The molecule has 0 fully saturated rings. The highest BCUT2D eigenvalue weighted by Crippen LogP contribution is 2.16. The van der Waals surface area contributed by atoms with E-state index in [1.807, 2.05) is 6.92 Å². The fourth-order valence-corrected chi connectivity index (χ4v) is 1.97. The lowest BCUT2D eigenvalue weighted by molar-refractivity contribution is 0.0505. The molecule has 1 amide bonds. The van der Waals surface area contributed by atoms with E-state index in [4.69, 9.17) is 9.47 Å². The lowest BCUT2D eigenvalue weighted by Gasteiger charge is -2.08. The lowest BCUT2D eigenvalue weighted by atomic mass is 10.1. The summed E-state index contributed by atoms with van der Waals surface area (Å²) in [6.45, 7) is 2.30. The Labute approximate surface area is 135 Å². The summed E-state index contributed by atoms with van der Waals surface area (Å²) in [5, 5.41) is 2.76. The molecular formula is C18H19NO4. The molecule has 0 saturated carbocycles. The minimum absolute atomic E-state index is 0.275. The van der Waals surface area contributed by atoms with E-state index in [1.165, 1.54) is 0 Å². The number of rotatable bonds is 6. The molecular weight excluding hydrogens is 294 g/mol. The first-order valence-electron chi connectivity index (χ1n) is 7.36. The zero-order valence-electron chi connectivity index (χ0n) is 13.2. The largest absolute Gasteiger partial charge is 0.497 e. The van der Waals surface area contributed by atoms with Gasteiger partial charge in [-0.1, -0.05) is 19.1 Å². The molecule has 5 heteroatoms. The van der Waals surface area contributed by atoms with Crippen molar-refractivity contribution in [3.63, 3.8) is 0 Å². The number of hydrogen-bond donors (Lipinski definition) is 1. The van der Waals surface area contributed by atoms with Crippen LogP contribution in [-0.2, 0) is 4.74 Å². The van der Waals surface area contributed by atoms with Crippen LogP contribution in [0.3, 0.4) is 0 Å². The molecule has 23 heavy (non-hydrogen) atoms. The maximum absolute atomic E-state index is 12.3. The van der Waals surface area contributed by atoms with Crippen molar-refractivity contribution in [1.29, 1.82) is 0 Å². The van der Waals surface area contributed by atoms with Gasteiger partial charge in [0, 0.05) is 11.3 Å². The minimum Gasteiger partial charge on any atom is -0.497 e. The Morgan fingerprint density at radius 3 is 2.52 bits per heavy atom. The number of carbonyl (C=O) groups excluding carboxylic acids is 2. The highest BCUT2D eigenvalue weighted by atomic mass is 16.5. The maximum atomic E-state index is 12.3. The van der Waals surface area contributed by atoms with E-state index in [0.717, 1.165) is 6.42 Å². The van der Waals surface area contributed by atoms with Gasteiger partial charge in [-0.3, -0.25) is 4.79 Å². The summed E-state index contributed by atoms with van der Waals surface area (Å²) in [5.74, 6) is -0.0677. The van der Waals surface area contributed by atoms with E-state index < -0.39 is 5.97 Å². The van der Waals surface area contributed by atoms with Gasteiger partial charge in [-0.25, -0.2) is 4.79 Å². The quantitative estimate of drug-likeness (QED) is 0.829. The third-order valence-corrected chi connectivity index (χ3v) is 3.13. The van der Waals surface area contributed by atoms with E-state index in [2.05, 4.69) is 5.32 Å². The van der Waals surface area contributed by atoms with E-state index >= 15 is 0 Å². The molecule has 0 spiro atoms. The summed E-state index contributed by atoms with van der Waals surface area (Å²) in [7, 11) is 1.54. The number of ether oxygens (including phenoxy) is 2. The molecule has 120 valence electrons. The van der Waals surface area contributed by atoms with Crippen molar-refractivity contribution in [3.8, 4) is 5.75 Å². The van der Waals surface area contributed by atoms with Crippen LogP contribution in [0.25, 0.3) is 0 Å². The molecule has 0 bridgehead atoms. The van der Waals surface area contributed by atoms with E-state index in [-0.39, 0.29) is 5.91 Å². The molecule has 0 radical (unpaired) electrons. The zero-order valence-corrected chi connectivity index (χ0v) is 13.2. The van der Waals surface area contributed by atoms with Gasteiger partial charge in [-0.15, -0.1) is 0 Å². The predicted octanol–water partition coefficient (Wildman–Crippen LogP) is 3.51. The number of anilines is 1. The van der Waals surface area contributed by atoms with Crippen molar-refractivity contribution in [3.05, 3.63) is 59.7 Å². The Kier molecular flexibility index (Phi) is 5.74. The van der Waals surface area contributed by atoms with Crippen LogP contribution in [-0.4, -0.2) is 25.6 Å². The Hall–Kier alpha value is -2.82. The molecule has 0 aromatic heterocycles. The van der Waals surface area contributed by atoms with Gasteiger partial charge in [0.15, 0.2) is 0 Å². The Bertz CT molecular complexity index is 697. The van der Waals surface area contributed by atoms with Gasteiger partial charge >= 0.3 is 5.97 Å². The van der Waals surface area contributed by atoms with Crippen LogP contribution in [0.2, 0.25) is 0 Å². The highest BCUT2D eigenvalue weighted by molar-refractivity contribution is 6.05. The van der Waals surface area contributed by atoms with Crippen molar-refractivity contribution in [2.75, 3.05) is 19.0 Å². The number of amides is 1. The second kappa shape index (κ2) is 7.98. The number of methoxy groups -OCH3 is 1. The molecule has 0 unspecified atom stereocenters. The standard InChI is InChI=1S/C18H19NO4/c1-3-10-23-18(21)14-7-4-8-15(11-14)19-17(20)13-6-5-9-16(12-13)22-2/h4-9,11-12H,3,10H2,1-2H3,(H,19,20). The summed E-state index contributed by atoms with van der Waals surface area (Å²) < 4.78 is 10.2. The first-order chi connectivity index (χ1) is 11.1. The van der Waals surface area contributed by atoms with Crippen molar-refractivity contribution in [2.24, 2.45) is 0 Å². The summed E-state index contributed by atoms with van der Waals surface area (Å²) in [5.41, 5.74) is 1.41. The lowest BCUT2D eigenvalue weighted by Crippen LogP contribution is -2.13. The minimum atomic E-state index is -0.399. The number of esters is 1. The number of nitrogens with one attached hydrogen (secondary N) is 1. The molecule has 0 heterocycles. The summed E-state index contributed by atoms with van der Waals surface area (Å²) in [6, 6.07) is 13.5. The summed E-state index contributed by atoms with van der Waals surface area (Å²) >= 11 is 0. The average molecular weight is 313 g/mol. The smallest absolute Gasteiger partial charge is 0.338 e. The third kappa shape index (κ3) is 4.57. The average Bonchev–Trinajstić information content (AvgIpc) is 2.59. The van der Waals surface area contributed by atoms with Crippen molar-refractivity contribution >= 4 is 17.6 Å². The summed E-state index contributed by atoms with van der Waals surface area (Å²) in [6.07, 6.45) is 0.762. The molecule has 2 aromatic carbocycles. The van der Waals surface area contributed by atoms with Crippen LogP contribution in [0.5, 0.6) is 5.75 Å². The van der Waals surface area contributed by atoms with Gasteiger partial charge in [-0.05, 0) is 42.8 Å². The van der Waals surface area contributed by atoms with Crippen LogP contribution < -0.4 is 10.1 Å². The topological polar surface area (TPSA) is 64.6 Å². The van der Waals surface area contributed by atoms with Crippen LogP contribution in [0.15, 0.2) is 48.5 Å². The van der Waals surface area contributed by atoms with Gasteiger partial charge in [0.05, 0.1) is 19.3 Å². The zero-order chi connectivity index (χ0) is 16.7. The molecule has 5 nitrogen and oxygen atoms in total. The molecule has 0 aliphatic carbocycles. The third-order valence-electron chi connectivity index (χ3n) is 3.13. The molecule has 0 aliphatic rings. The number of carbonyl (C=O) groups is 2. The van der Waals surface area contributed by atoms with Gasteiger partial charge in [0.25, 0.3) is 5.91 Å². The van der Waals surface area contributed by atoms with E-state index in [9.17, 15) is 9.59 Å². The Morgan fingerprint density at radius 2 is 1.78 bits per heavy atom. The Morgan fingerprint density at radius 1 is 1.04 bits per heavy atom. The van der Waals surface area contributed by atoms with Crippen LogP contribution in [0.4, 0.5) is 5.69 Å². The van der Waals surface area contributed by atoms with Crippen molar-refractivity contribution < 1.29 is 19.1 Å². The molecule has 0 saturated heterocycles. The number of benzene rings is 2. The molecule has 0 aliphatic heterocycles. The first kappa shape index (κ1) is 16.5. The molecule has 2 aromatic rings. The van der Waals surface area contributed by atoms with Crippen LogP contribution >= 0.6 is 0 Å². The fraction of sp³-hybridized carbons (Fsp3) is 0.222.